The molecule has 7 heteroatoms. The van der Waals surface area contributed by atoms with Crippen LogP contribution in [0, 0.1) is 0 Å². The van der Waals surface area contributed by atoms with Gasteiger partial charge >= 0.3 is 5.97 Å². The number of carbonyl (C=O) groups is 2. The van der Waals surface area contributed by atoms with Crippen molar-refractivity contribution >= 4 is 17.6 Å². The molecule has 152 valence electrons. The molecule has 0 bridgehead atoms. The second-order valence-electron chi connectivity index (χ2n) is 6.60. The van der Waals surface area contributed by atoms with Crippen molar-refractivity contribution < 1.29 is 23.8 Å². The molecule has 0 unspecified atom stereocenters. The van der Waals surface area contributed by atoms with Crippen molar-refractivity contribution in [2.45, 2.75) is 19.0 Å². The first-order chi connectivity index (χ1) is 14.0. The number of carbonyl (C=O) groups excluding carboxylic acids is 2. The normalized spacial score (nSPS) is 18.7. The van der Waals surface area contributed by atoms with Crippen LogP contribution in [0.4, 0.5) is 5.69 Å². The molecule has 0 saturated carbocycles. The van der Waals surface area contributed by atoms with E-state index in [2.05, 4.69) is 10.1 Å². The van der Waals surface area contributed by atoms with E-state index in [0.29, 0.717) is 11.4 Å². The largest absolute Gasteiger partial charge is 0.497 e. The number of ether oxygens (including phenoxy) is 3. The smallest absolute Gasteiger partial charge is 0.332 e. The molecule has 1 saturated heterocycles. The van der Waals surface area contributed by atoms with Crippen molar-refractivity contribution in [2.24, 2.45) is 0 Å². The molecule has 7 nitrogen and oxygen atoms in total. The lowest BCUT2D eigenvalue weighted by molar-refractivity contribution is -0.135. The van der Waals surface area contributed by atoms with Crippen molar-refractivity contribution in [2.75, 3.05) is 26.2 Å². The average molecular weight is 396 g/mol. The summed E-state index contributed by atoms with van der Waals surface area (Å²) in [7, 11) is 4.52. The highest BCUT2D eigenvalue weighted by atomic mass is 16.5. The van der Waals surface area contributed by atoms with E-state index in [-0.39, 0.29) is 11.9 Å². The van der Waals surface area contributed by atoms with Crippen LogP contribution in [0.5, 0.6) is 11.5 Å². The van der Waals surface area contributed by atoms with E-state index in [1.54, 1.807) is 26.0 Å². The van der Waals surface area contributed by atoms with Gasteiger partial charge in [-0.25, -0.2) is 4.79 Å². The van der Waals surface area contributed by atoms with Crippen molar-refractivity contribution in [3.8, 4) is 11.5 Å². The molecular weight excluding hydrogens is 372 g/mol. The van der Waals surface area contributed by atoms with E-state index in [1.807, 2.05) is 48.5 Å². The van der Waals surface area contributed by atoms with Gasteiger partial charge in [0.25, 0.3) is 5.91 Å². The predicted octanol–water partition coefficient (Wildman–Crippen LogP) is 2.83. The average Bonchev–Trinajstić information content (AvgIpc) is 2.75. The Labute approximate surface area is 169 Å². The Balaban J connectivity index is 1.91. The first-order valence-electron chi connectivity index (χ1n) is 9.12. The number of esters is 1. The SMILES string of the molecule is COC(=O)C=C(C)N[C@H]1C(=O)N(c2ccc(OC)cc2)[C@H]1c1ccc(OC)cc1. The van der Waals surface area contributed by atoms with Gasteiger partial charge in [-0.15, -0.1) is 0 Å². The van der Waals surface area contributed by atoms with Crippen LogP contribution in [0.2, 0.25) is 0 Å². The van der Waals surface area contributed by atoms with Gasteiger partial charge in [0, 0.05) is 17.5 Å². The van der Waals surface area contributed by atoms with Crippen molar-refractivity contribution in [3.05, 3.63) is 65.9 Å². The summed E-state index contributed by atoms with van der Waals surface area (Å²) in [4.78, 5) is 26.2. The Morgan fingerprint density at radius 1 is 0.966 bits per heavy atom. The summed E-state index contributed by atoms with van der Waals surface area (Å²) in [6, 6.07) is 14.2. The monoisotopic (exact) mass is 396 g/mol. The lowest BCUT2D eigenvalue weighted by Gasteiger charge is -2.48. The van der Waals surface area contributed by atoms with Gasteiger partial charge in [0.1, 0.15) is 17.5 Å². The highest BCUT2D eigenvalue weighted by Gasteiger charge is 2.49. The van der Waals surface area contributed by atoms with Crippen molar-refractivity contribution in [1.82, 2.24) is 5.32 Å². The number of nitrogens with one attached hydrogen (secondary N) is 1. The lowest BCUT2D eigenvalue weighted by atomic mass is 9.87. The number of allylic oxidation sites excluding steroid dienone is 1. The fourth-order valence-electron chi connectivity index (χ4n) is 3.33. The maximum absolute atomic E-state index is 13.0. The Bertz CT molecular complexity index is 906. The number of amides is 1. The van der Waals surface area contributed by atoms with Gasteiger partial charge in [0.15, 0.2) is 0 Å². The summed E-state index contributed by atoms with van der Waals surface area (Å²) >= 11 is 0. The van der Waals surface area contributed by atoms with Crippen LogP contribution in [0.25, 0.3) is 0 Å². The quantitative estimate of drug-likeness (QED) is 0.441. The number of hydrogen-bond donors (Lipinski definition) is 1. The first kappa shape index (κ1) is 20.3. The molecular formula is C22H24N2O5. The highest BCUT2D eigenvalue weighted by molar-refractivity contribution is 6.06. The molecule has 0 radical (unpaired) electrons. The van der Waals surface area contributed by atoms with E-state index in [0.717, 1.165) is 17.0 Å². The van der Waals surface area contributed by atoms with E-state index in [4.69, 9.17) is 9.47 Å². The van der Waals surface area contributed by atoms with Crippen LogP contribution in [0.3, 0.4) is 0 Å². The van der Waals surface area contributed by atoms with Gasteiger partial charge < -0.3 is 24.4 Å². The van der Waals surface area contributed by atoms with Gasteiger partial charge in [-0.2, -0.15) is 0 Å². The maximum Gasteiger partial charge on any atom is 0.332 e. The zero-order chi connectivity index (χ0) is 21.0. The van der Waals surface area contributed by atoms with Crippen molar-refractivity contribution in [1.29, 1.82) is 0 Å². The molecule has 29 heavy (non-hydrogen) atoms. The van der Waals surface area contributed by atoms with Gasteiger partial charge in [-0.05, 0) is 48.9 Å². The number of benzene rings is 2. The van der Waals surface area contributed by atoms with Gasteiger partial charge in [0.2, 0.25) is 0 Å². The molecule has 3 rings (SSSR count). The Morgan fingerprint density at radius 2 is 1.52 bits per heavy atom. The third-order valence-electron chi connectivity index (χ3n) is 4.82. The molecule has 1 fully saturated rings. The molecule has 1 aliphatic rings. The standard InChI is InChI=1S/C22H24N2O5/c1-14(13-19(25)29-4)23-20-21(15-5-9-17(27-2)10-6-15)24(22(20)26)16-7-11-18(28-3)12-8-16/h5-13,20-21,23H,1-4H3/t20-,21+/m1/s1. The maximum atomic E-state index is 13.0. The number of anilines is 1. The predicted molar refractivity (Wildman–Crippen MR) is 109 cm³/mol. The first-order valence-corrected chi connectivity index (χ1v) is 9.12. The van der Waals surface area contributed by atoms with Crippen LogP contribution in [0.15, 0.2) is 60.3 Å². The molecule has 1 amide bonds. The minimum absolute atomic E-state index is 0.0893. The van der Waals surface area contributed by atoms with Crippen molar-refractivity contribution in [3.63, 3.8) is 0 Å². The minimum atomic E-state index is -0.508. The molecule has 1 aliphatic heterocycles. The Kier molecular flexibility index (Phi) is 6.07. The summed E-state index contributed by atoms with van der Waals surface area (Å²) in [5.74, 6) is 0.888. The molecule has 2 atom stereocenters. The molecule has 0 aliphatic carbocycles. The van der Waals surface area contributed by atoms with Crippen LogP contribution < -0.4 is 19.7 Å². The number of rotatable bonds is 7. The Hall–Kier alpha value is -3.48. The van der Waals surface area contributed by atoms with E-state index >= 15 is 0 Å². The van der Waals surface area contributed by atoms with E-state index < -0.39 is 12.0 Å². The van der Waals surface area contributed by atoms with E-state index in [9.17, 15) is 9.59 Å². The molecule has 0 aromatic heterocycles. The van der Waals surface area contributed by atoms with Gasteiger partial charge in [0.05, 0.1) is 27.4 Å². The number of methoxy groups -OCH3 is 3. The fourth-order valence-corrected chi connectivity index (χ4v) is 3.33. The highest BCUT2D eigenvalue weighted by Crippen LogP contribution is 2.40. The third kappa shape index (κ3) is 4.18. The summed E-state index contributed by atoms with van der Waals surface area (Å²) in [5.41, 5.74) is 2.27. The fraction of sp³-hybridized carbons (Fsp3) is 0.273. The summed E-state index contributed by atoms with van der Waals surface area (Å²) in [6.45, 7) is 1.73. The summed E-state index contributed by atoms with van der Waals surface area (Å²) in [5, 5.41) is 3.14. The molecule has 0 spiro atoms. The van der Waals surface area contributed by atoms with Crippen LogP contribution in [-0.2, 0) is 14.3 Å². The number of β-lactam (4-membered cyclic amide) rings is 1. The number of nitrogens with zero attached hydrogens (tertiary/aromatic N) is 1. The molecule has 1 N–H and O–H groups in total. The summed E-state index contributed by atoms with van der Waals surface area (Å²) < 4.78 is 15.1. The zero-order valence-corrected chi connectivity index (χ0v) is 16.8. The molecule has 2 aromatic carbocycles. The van der Waals surface area contributed by atoms with E-state index in [1.165, 1.54) is 13.2 Å². The summed E-state index contributed by atoms with van der Waals surface area (Å²) in [6.07, 6.45) is 1.33. The topological polar surface area (TPSA) is 77.1 Å². The van der Waals surface area contributed by atoms with Gasteiger partial charge in [-0.1, -0.05) is 12.1 Å². The van der Waals surface area contributed by atoms with Gasteiger partial charge in [-0.3, -0.25) is 4.79 Å². The zero-order valence-electron chi connectivity index (χ0n) is 16.8. The second-order valence-corrected chi connectivity index (χ2v) is 6.60. The molecule has 1 heterocycles. The lowest BCUT2D eigenvalue weighted by Crippen LogP contribution is -2.64. The van der Waals surface area contributed by atoms with Crippen LogP contribution in [0.1, 0.15) is 18.5 Å². The number of hydrogen-bond acceptors (Lipinski definition) is 6. The van der Waals surface area contributed by atoms with Crippen LogP contribution in [-0.4, -0.2) is 39.2 Å². The Morgan fingerprint density at radius 3 is 2.03 bits per heavy atom. The van der Waals surface area contributed by atoms with Crippen LogP contribution >= 0.6 is 0 Å². The second kappa shape index (κ2) is 8.68. The minimum Gasteiger partial charge on any atom is -0.497 e. The molecule has 2 aromatic rings. The third-order valence-corrected chi connectivity index (χ3v) is 4.82.